The predicted octanol–water partition coefficient (Wildman–Crippen LogP) is 3.42. The van der Waals surface area contributed by atoms with Crippen LogP contribution in [0.5, 0.6) is 11.5 Å². The van der Waals surface area contributed by atoms with Crippen molar-refractivity contribution >= 4 is 24.0 Å². The number of amides is 2. The molecule has 3 rings (SSSR count). The van der Waals surface area contributed by atoms with Crippen LogP contribution in [0.25, 0.3) is 6.08 Å². The topological polar surface area (TPSA) is 125 Å². The molecule has 0 saturated heterocycles. The van der Waals surface area contributed by atoms with Crippen molar-refractivity contribution < 1.29 is 37.7 Å². The summed E-state index contributed by atoms with van der Waals surface area (Å²) in [4.78, 5) is 37.3. The van der Waals surface area contributed by atoms with E-state index < -0.39 is 24.0 Å². The highest BCUT2D eigenvalue weighted by Gasteiger charge is 2.35. The van der Waals surface area contributed by atoms with E-state index in [1.165, 1.54) is 13.2 Å². The number of benzene rings is 1. The molecule has 186 valence electrons. The van der Waals surface area contributed by atoms with Crippen LogP contribution in [0.15, 0.2) is 52.1 Å². The van der Waals surface area contributed by atoms with Crippen LogP contribution in [-0.4, -0.2) is 44.9 Å². The number of aryl methyl sites for hydroxylation is 1. The number of carbonyl (C=O) groups is 3. The maximum Gasteiger partial charge on any atom is 0.338 e. The van der Waals surface area contributed by atoms with E-state index in [2.05, 4.69) is 10.6 Å². The fourth-order valence-corrected chi connectivity index (χ4v) is 3.42. The molecule has 1 aliphatic heterocycles. The molecule has 1 unspecified atom stereocenters. The summed E-state index contributed by atoms with van der Waals surface area (Å²) in [6.45, 7) is 5.55. The van der Waals surface area contributed by atoms with Crippen molar-refractivity contribution in [2.45, 2.75) is 26.8 Å². The zero-order valence-corrected chi connectivity index (χ0v) is 20.0. The second kappa shape index (κ2) is 11.8. The van der Waals surface area contributed by atoms with E-state index in [4.69, 9.17) is 23.4 Å². The monoisotopic (exact) mass is 484 g/mol. The summed E-state index contributed by atoms with van der Waals surface area (Å²) in [5, 5.41) is 5.17. The SMILES string of the molecule is CCOC(=O)C1=C(COC(=O)/C=C/c2ccc(OCC)c(OC)c2)NC(=O)NC1c1ccc(C)o1. The molecule has 10 heteroatoms. The van der Waals surface area contributed by atoms with Crippen LogP contribution in [0.1, 0.15) is 37.0 Å². The van der Waals surface area contributed by atoms with Gasteiger partial charge >= 0.3 is 18.0 Å². The molecule has 2 heterocycles. The van der Waals surface area contributed by atoms with Crippen LogP contribution in [0.2, 0.25) is 0 Å². The minimum atomic E-state index is -0.892. The van der Waals surface area contributed by atoms with Crippen molar-refractivity contribution in [1.29, 1.82) is 0 Å². The maximum absolute atomic E-state index is 12.7. The van der Waals surface area contributed by atoms with Gasteiger partial charge in [0.15, 0.2) is 11.5 Å². The number of esters is 2. The molecular weight excluding hydrogens is 456 g/mol. The van der Waals surface area contributed by atoms with Crippen molar-refractivity contribution in [3.05, 3.63) is 64.8 Å². The van der Waals surface area contributed by atoms with Gasteiger partial charge in [-0.05, 0) is 56.7 Å². The zero-order chi connectivity index (χ0) is 25.4. The minimum Gasteiger partial charge on any atom is -0.493 e. The maximum atomic E-state index is 12.7. The first-order valence-corrected chi connectivity index (χ1v) is 11.1. The predicted molar refractivity (Wildman–Crippen MR) is 126 cm³/mol. The molecule has 1 aromatic heterocycles. The smallest absolute Gasteiger partial charge is 0.338 e. The Morgan fingerprint density at radius 3 is 2.54 bits per heavy atom. The summed E-state index contributed by atoms with van der Waals surface area (Å²) in [5.74, 6) is 0.752. The molecule has 1 aromatic carbocycles. The van der Waals surface area contributed by atoms with Gasteiger partial charge in [0.2, 0.25) is 0 Å². The summed E-state index contributed by atoms with van der Waals surface area (Å²) in [6.07, 6.45) is 2.78. The summed E-state index contributed by atoms with van der Waals surface area (Å²) >= 11 is 0. The third-order valence-electron chi connectivity index (χ3n) is 4.95. The van der Waals surface area contributed by atoms with Gasteiger partial charge in [-0.3, -0.25) is 0 Å². The Hall–Kier alpha value is -4.21. The third kappa shape index (κ3) is 6.44. The molecule has 2 aromatic rings. The molecule has 1 atom stereocenters. The van der Waals surface area contributed by atoms with Gasteiger partial charge in [0, 0.05) is 6.08 Å². The summed E-state index contributed by atoms with van der Waals surface area (Å²) in [5.41, 5.74) is 0.890. The van der Waals surface area contributed by atoms with Gasteiger partial charge in [-0.2, -0.15) is 0 Å². The van der Waals surface area contributed by atoms with Gasteiger partial charge in [-0.1, -0.05) is 6.07 Å². The van der Waals surface area contributed by atoms with Crippen molar-refractivity contribution in [3.8, 4) is 11.5 Å². The van der Waals surface area contributed by atoms with Crippen molar-refractivity contribution in [2.75, 3.05) is 26.9 Å². The van der Waals surface area contributed by atoms with Gasteiger partial charge in [0.1, 0.15) is 24.2 Å². The number of hydrogen-bond donors (Lipinski definition) is 2. The highest BCUT2D eigenvalue weighted by molar-refractivity contribution is 5.95. The minimum absolute atomic E-state index is 0.0915. The van der Waals surface area contributed by atoms with E-state index >= 15 is 0 Å². The number of ether oxygens (including phenoxy) is 4. The molecule has 0 aliphatic carbocycles. The molecule has 0 fully saturated rings. The Morgan fingerprint density at radius 2 is 1.89 bits per heavy atom. The number of methoxy groups -OCH3 is 1. The Balaban J connectivity index is 1.77. The molecule has 0 bridgehead atoms. The van der Waals surface area contributed by atoms with E-state index in [1.54, 1.807) is 50.3 Å². The number of nitrogens with one attached hydrogen (secondary N) is 2. The molecule has 1 aliphatic rings. The Morgan fingerprint density at radius 1 is 1.09 bits per heavy atom. The highest BCUT2D eigenvalue weighted by atomic mass is 16.5. The molecule has 10 nitrogen and oxygen atoms in total. The lowest BCUT2D eigenvalue weighted by Gasteiger charge is -2.27. The largest absolute Gasteiger partial charge is 0.493 e. The van der Waals surface area contributed by atoms with Gasteiger partial charge < -0.3 is 34.0 Å². The first kappa shape index (κ1) is 25.4. The summed E-state index contributed by atoms with van der Waals surface area (Å²) < 4.78 is 26.9. The number of urea groups is 1. The lowest BCUT2D eigenvalue weighted by Crippen LogP contribution is -2.47. The molecule has 2 amide bonds. The Bertz CT molecular complexity index is 1150. The average Bonchev–Trinajstić information content (AvgIpc) is 3.28. The first-order valence-electron chi connectivity index (χ1n) is 11.1. The van der Waals surface area contributed by atoms with Crippen LogP contribution in [0, 0.1) is 6.92 Å². The summed E-state index contributed by atoms with van der Waals surface area (Å²) in [6, 6.07) is 7.14. The Kier molecular flexibility index (Phi) is 8.55. The molecule has 0 spiro atoms. The highest BCUT2D eigenvalue weighted by Crippen LogP contribution is 2.30. The summed E-state index contributed by atoms with van der Waals surface area (Å²) in [7, 11) is 1.53. The van der Waals surface area contributed by atoms with E-state index in [1.807, 2.05) is 6.92 Å². The van der Waals surface area contributed by atoms with Gasteiger partial charge in [0.05, 0.1) is 31.6 Å². The molecule has 0 saturated carbocycles. The standard InChI is InChI=1S/C25H28N2O8/c1-5-32-18-11-8-16(13-20(18)31-4)9-12-21(28)34-14-17-22(24(29)33-6-2)23(27-25(30)26-17)19-10-7-15(3)35-19/h7-13,23H,5-6,14H2,1-4H3,(H2,26,27,30)/b12-9+. The van der Waals surface area contributed by atoms with E-state index in [0.717, 1.165) is 0 Å². The van der Waals surface area contributed by atoms with E-state index in [9.17, 15) is 14.4 Å². The second-order valence-corrected chi connectivity index (χ2v) is 7.38. The second-order valence-electron chi connectivity index (χ2n) is 7.38. The quantitative estimate of drug-likeness (QED) is 0.388. The van der Waals surface area contributed by atoms with Crippen molar-refractivity contribution in [1.82, 2.24) is 10.6 Å². The lowest BCUT2D eigenvalue weighted by molar-refractivity contribution is -0.140. The number of carbonyl (C=O) groups excluding carboxylic acids is 3. The average molecular weight is 485 g/mol. The Labute approximate surface area is 202 Å². The molecule has 0 radical (unpaired) electrons. The zero-order valence-electron chi connectivity index (χ0n) is 20.0. The van der Waals surface area contributed by atoms with Crippen molar-refractivity contribution in [2.24, 2.45) is 0 Å². The van der Waals surface area contributed by atoms with E-state index in [0.29, 0.717) is 35.2 Å². The fraction of sp³-hybridized carbons (Fsp3) is 0.320. The van der Waals surface area contributed by atoms with Crippen LogP contribution in [0.4, 0.5) is 4.79 Å². The lowest BCUT2D eigenvalue weighted by atomic mass is 10.0. The molecular formula is C25H28N2O8. The van der Waals surface area contributed by atoms with Gasteiger partial charge in [-0.25, -0.2) is 14.4 Å². The molecule has 2 N–H and O–H groups in total. The van der Waals surface area contributed by atoms with Crippen LogP contribution < -0.4 is 20.1 Å². The van der Waals surface area contributed by atoms with Crippen molar-refractivity contribution in [3.63, 3.8) is 0 Å². The van der Waals surface area contributed by atoms with Gasteiger partial charge in [-0.15, -0.1) is 0 Å². The fourth-order valence-electron chi connectivity index (χ4n) is 3.42. The van der Waals surface area contributed by atoms with Crippen LogP contribution in [-0.2, 0) is 19.1 Å². The van der Waals surface area contributed by atoms with Crippen LogP contribution >= 0.6 is 0 Å². The number of rotatable bonds is 10. The first-order chi connectivity index (χ1) is 16.9. The number of hydrogen-bond acceptors (Lipinski definition) is 8. The van der Waals surface area contributed by atoms with Gasteiger partial charge in [0.25, 0.3) is 0 Å². The normalized spacial score (nSPS) is 15.4. The molecule has 35 heavy (non-hydrogen) atoms. The third-order valence-corrected chi connectivity index (χ3v) is 4.95. The number of furan rings is 1. The van der Waals surface area contributed by atoms with E-state index in [-0.39, 0.29) is 24.5 Å². The van der Waals surface area contributed by atoms with Crippen LogP contribution in [0.3, 0.4) is 0 Å².